The molecule has 0 bridgehead atoms. The van der Waals surface area contributed by atoms with Crippen LogP contribution in [0, 0.1) is 17.0 Å². The standard InChI is InChI=1S/C19H20N4O3/c1-13-8-9-15(16(12-13)23(24)25)21-18(19-20-10-11-22(19)2)14-6-4-5-7-17(14)26-3/h4-12,18,21H,1-3H3. The molecule has 0 saturated heterocycles. The Labute approximate surface area is 151 Å². The van der Waals surface area contributed by atoms with E-state index in [1.165, 1.54) is 0 Å². The predicted octanol–water partition coefficient (Wildman–Crippen LogP) is 3.85. The first-order valence-corrected chi connectivity index (χ1v) is 8.13. The van der Waals surface area contributed by atoms with E-state index < -0.39 is 6.04 Å². The summed E-state index contributed by atoms with van der Waals surface area (Å²) < 4.78 is 7.37. The van der Waals surface area contributed by atoms with Gasteiger partial charge in [0.2, 0.25) is 0 Å². The first-order chi connectivity index (χ1) is 12.5. The molecular weight excluding hydrogens is 332 g/mol. The molecule has 1 unspecified atom stereocenters. The van der Waals surface area contributed by atoms with Crippen LogP contribution in [0.4, 0.5) is 11.4 Å². The third-order valence-corrected chi connectivity index (χ3v) is 4.22. The summed E-state index contributed by atoms with van der Waals surface area (Å²) in [5.41, 5.74) is 2.13. The number of aryl methyl sites for hydroxylation is 2. The molecule has 7 heteroatoms. The highest BCUT2D eigenvalue weighted by Gasteiger charge is 2.25. The van der Waals surface area contributed by atoms with Crippen molar-refractivity contribution in [2.45, 2.75) is 13.0 Å². The van der Waals surface area contributed by atoms with Crippen LogP contribution in [-0.4, -0.2) is 21.6 Å². The van der Waals surface area contributed by atoms with Crippen LogP contribution in [0.3, 0.4) is 0 Å². The van der Waals surface area contributed by atoms with Gasteiger partial charge in [0, 0.05) is 31.1 Å². The third kappa shape index (κ3) is 3.37. The molecule has 0 fully saturated rings. The number of aromatic nitrogens is 2. The molecule has 1 atom stereocenters. The van der Waals surface area contributed by atoms with E-state index in [-0.39, 0.29) is 10.6 Å². The molecule has 1 aromatic heterocycles. The number of ether oxygens (including phenoxy) is 1. The normalized spacial score (nSPS) is 11.8. The van der Waals surface area contributed by atoms with Gasteiger partial charge in [0.1, 0.15) is 23.3 Å². The molecule has 26 heavy (non-hydrogen) atoms. The van der Waals surface area contributed by atoms with Crippen LogP contribution >= 0.6 is 0 Å². The fourth-order valence-corrected chi connectivity index (χ4v) is 2.91. The third-order valence-electron chi connectivity index (χ3n) is 4.22. The highest BCUT2D eigenvalue weighted by atomic mass is 16.6. The van der Waals surface area contributed by atoms with Gasteiger partial charge in [0.05, 0.1) is 12.0 Å². The Morgan fingerprint density at radius 3 is 2.69 bits per heavy atom. The molecule has 0 aliphatic heterocycles. The molecule has 0 aliphatic rings. The van der Waals surface area contributed by atoms with Crippen LogP contribution in [0.1, 0.15) is 23.0 Å². The number of anilines is 1. The van der Waals surface area contributed by atoms with Gasteiger partial charge >= 0.3 is 0 Å². The number of nitrogens with one attached hydrogen (secondary N) is 1. The van der Waals surface area contributed by atoms with Crippen molar-refractivity contribution in [3.63, 3.8) is 0 Å². The van der Waals surface area contributed by atoms with Crippen molar-refractivity contribution in [1.29, 1.82) is 0 Å². The molecule has 3 rings (SSSR count). The molecule has 1 heterocycles. The molecule has 0 aliphatic carbocycles. The van der Waals surface area contributed by atoms with E-state index in [9.17, 15) is 10.1 Å². The lowest BCUT2D eigenvalue weighted by atomic mass is 10.0. The minimum absolute atomic E-state index is 0.0270. The molecule has 0 amide bonds. The molecule has 0 saturated carbocycles. The monoisotopic (exact) mass is 352 g/mol. The van der Waals surface area contributed by atoms with E-state index in [0.29, 0.717) is 11.4 Å². The lowest BCUT2D eigenvalue weighted by molar-refractivity contribution is -0.384. The molecule has 7 nitrogen and oxygen atoms in total. The Kier molecular flexibility index (Phi) is 4.88. The van der Waals surface area contributed by atoms with Crippen LogP contribution < -0.4 is 10.1 Å². The van der Waals surface area contributed by atoms with Crippen molar-refractivity contribution in [3.8, 4) is 5.75 Å². The zero-order valence-corrected chi connectivity index (χ0v) is 14.8. The number of benzene rings is 2. The Morgan fingerprint density at radius 1 is 1.27 bits per heavy atom. The maximum atomic E-state index is 11.5. The van der Waals surface area contributed by atoms with Crippen molar-refractivity contribution in [3.05, 3.63) is 81.9 Å². The molecular formula is C19H20N4O3. The number of para-hydroxylation sites is 1. The first-order valence-electron chi connectivity index (χ1n) is 8.13. The van der Waals surface area contributed by atoms with Crippen molar-refractivity contribution in [1.82, 2.24) is 9.55 Å². The molecule has 0 spiro atoms. The lowest BCUT2D eigenvalue weighted by Crippen LogP contribution is -2.18. The van der Waals surface area contributed by atoms with Crippen molar-refractivity contribution < 1.29 is 9.66 Å². The van der Waals surface area contributed by atoms with Crippen LogP contribution in [0.25, 0.3) is 0 Å². The van der Waals surface area contributed by atoms with Crippen LogP contribution in [0.2, 0.25) is 0 Å². The van der Waals surface area contributed by atoms with E-state index >= 15 is 0 Å². The Morgan fingerprint density at radius 2 is 2.04 bits per heavy atom. The summed E-state index contributed by atoms with van der Waals surface area (Å²) in [6.07, 6.45) is 3.53. The van der Waals surface area contributed by atoms with Crippen LogP contribution in [-0.2, 0) is 7.05 Å². The summed E-state index contributed by atoms with van der Waals surface area (Å²) >= 11 is 0. The van der Waals surface area contributed by atoms with E-state index in [4.69, 9.17) is 4.74 Å². The summed E-state index contributed by atoms with van der Waals surface area (Å²) in [6.45, 7) is 1.83. The second-order valence-corrected chi connectivity index (χ2v) is 5.99. The molecule has 2 aromatic carbocycles. The van der Waals surface area contributed by atoms with Gasteiger partial charge in [-0.05, 0) is 24.6 Å². The zero-order chi connectivity index (χ0) is 18.7. The largest absolute Gasteiger partial charge is 0.496 e. The van der Waals surface area contributed by atoms with Crippen LogP contribution in [0.5, 0.6) is 5.75 Å². The Hall–Kier alpha value is -3.35. The maximum absolute atomic E-state index is 11.5. The van der Waals surface area contributed by atoms with Crippen LogP contribution in [0.15, 0.2) is 54.9 Å². The van der Waals surface area contributed by atoms with Crippen molar-refractivity contribution in [2.75, 3.05) is 12.4 Å². The SMILES string of the molecule is COc1ccccc1C(Nc1ccc(C)cc1[N+](=O)[O-])c1nccn1C. The summed E-state index contributed by atoms with van der Waals surface area (Å²) in [6, 6.07) is 12.3. The average Bonchev–Trinajstić information content (AvgIpc) is 3.06. The minimum Gasteiger partial charge on any atom is -0.496 e. The number of rotatable bonds is 6. The lowest BCUT2D eigenvalue weighted by Gasteiger charge is -2.22. The number of methoxy groups -OCH3 is 1. The maximum Gasteiger partial charge on any atom is 0.292 e. The topological polar surface area (TPSA) is 82.2 Å². The van der Waals surface area contributed by atoms with Crippen molar-refractivity contribution >= 4 is 11.4 Å². The average molecular weight is 352 g/mol. The Balaban J connectivity index is 2.12. The van der Waals surface area contributed by atoms with Gasteiger partial charge in [-0.2, -0.15) is 0 Å². The van der Waals surface area contributed by atoms with E-state index in [1.54, 1.807) is 25.4 Å². The summed E-state index contributed by atoms with van der Waals surface area (Å²) in [7, 11) is 3.48. The highest BCUT2D eigenvalue weighted by molar-refractivity contribution is 5.64. The van der Waals surface area contributed by atoms with E-state index in [0.717, 1.165) is 17.0 Å². The number of nitro benzene ring substituents is 1. The summed E-state index contributed by atoms with van der Waals surface area (Å²) in [5, 5.41) is 14.8. The molecule has 134 valence electrons. The van der Waals surface area contributed by atoms with Gasteiger partial charge in [-0.15, -0.1) is 0 Å². The van der Waals surface area contributed by atoms with Gasteiger partial charge in [-0.3, -0.25) is 10.1 Å². The molecule has 0 radical (unpaired) electrons. The second-order valence-electron chi connectivity index (χ2n) is 5.99. The van der Waals surface area contributed by atoms with Gasteiger partial charge in [-0.1, -0.05) is 24.3 Å². The molecule has 1 N–H and O–H groups in total. The van der Waals surface area contributed by atoms with E-state index in [2.05, 4.69) is 10.3 Å². The second kappa shape index (κ2) is 7.26. The van der Waals surface area contributed by atoms with Gasteiger partial charge in [-0.25, -0.2) is 4.98 Å². The Bertz CT molecular complexity index is 936. The fourth-order valence-electron chi connectivity index (χ4n) is 2.91. The summed E-state index contributed by atoms with van der Waals surface area (Å²) in [4.78, 5) is 15.5. The predicted molar refractivity (Wildman–Crippen MR) is 99.5 cm³/mol. The number of nitro groups is 1. The number of imidazole rings is 1. The van der Waals surface area contributed by atoms with Gasteiger partial charge in [0.15, 0.2) is 0 Å². The van der Waals surface area contributed by atoms with Gasteiger partial charge < -0.3 is 14.6 Å². The number of hydrogen-bond donors (Lipinski definition) is 1. The fraction of sp³-hybridized carbons (Fsp3) is 0.211. The number of hydrogen-bond acceptors (Lipinski definition) is 5. The quantitative estimate of drug-likeness (QED) is 0.538. The molecule has 3 aromatic rings. The number of nitrogens with zero attached hydrogens (tertiary/aromatic N) is 3. The smallest absolute Gasteiger partial charge is 0.292 e. The van der Waals surface area contributed by atoms with Crippen molar-refractivity contribution in [2.24, 2.45) is 7.05 Å². The minimum atomic E-state index is -0.410. The summed E-state index contributed by atoms with van der Waals surface area (Å²) in [5.74, 6) is 1.41. The van der Waals surface area contributed by atoms with Gasteiger partial charge in [0.25, 0.3) is 5.69 Å². The first kappa shape index (κ1) is 17.5. The highest BCUT2D eigenvalue weighted by Crippen LogP contribution is 2.35. The zero-order valence-electron chi connectivity index (χ0n) is 14.8. The van der Waals surface area contributed by atoms with E-state index in [1.807, 2.05) is 55.1 Å².